The lowest BCUT2D eigenvalue weighted by Gasteiger charge is -2.34. The lowest BCUT2D eigenvalue weighted by atomic mass is 9.90. The summed E-state index contributed by atoms with van der Waals surface area (Å²) in [4.78, 5) is 12.1. The standard InChI is InChI=1S/C20H40N2O6/c1-3-5-10-18(26)22-15(17(25)11-13(23)4-2)12-21-14-8-6-7-9-16(24)20(28)19(14)27/h13-17,19-21,23-25,27-28H,3-12H2,1-2H3,(H,22,26). The summed E-state index contributed by atoms with van der Waals surface area (Å²) in [6, 6.07) is -1.08. The number of hydrogen-bond acceptors (Lipinski definition) is 7. The van der Waals surface area contributed by atoms with Gasteiger partial charge in [-0.1, -0.05) is 33.1 Å². The maximum atomic E-state index is 12.1. The van der Waals surface area contributed by atoms with Gasteiger partial charge in [0.25, 0.3) is 0 Å². The minimum absolute atomic E-state index is 0.144. The average Bonchev–Trinajstić information content (AvgIpc) is 2.68. The molecule has 0 saturated heterocycles. The summed E-state index contributed by atoms with van der Waals surface area (Å²) in [5.74, 6) is -0.160. The van der Waals surface area contributed by atoms with Crippen molar-refractivity contribution in [1.29, 1.82) is 0 Å². The Morgan fingerprint density at radius 3 is 2.39 bits per heavy atom. The van der Waals surface area contributed by atoms with Gasteiger partial charge in [0.05, 0.1) is 30.5 Å². The van der Waals surface area contributed by atoms with Crippen LogP contribution in [0.1, 0.15) is 71.6 Å². The maximum Gasteiger partial charge on any atom is 0.220 e. The highest BCUT2D eigenvalue weighted by Gasteiger charge is 2.33. The first-order chi connectivity index (χ1) is 13.3. The quantitative estimate of drug-likeness (QED) is 0.253. The number of carbonyl (C=O) groups excluding carboxylic acids is 1. The summed E-state index contributed by atoms with van der Waals surface area (Å²) in [5.41, 5.74) is 0. The molecule has 7 N–H and O–H groups in total. The first-order valence-electron chi connectivity index (χ1n) is 10.7. The van der Waals surface area contributed by atoms with E-state index in [9.17, 15) is 30.3 Å². The van der Waals surface area contributed by atoms with Gasteiger partial charge in [-0.05, 0) is 25.7 Å². The second kappa shape index (κ2) is 13.5. The van der Waals surface area contributed by atoms with Crippen molar-refractivity contribution in [2.45, 2.75) is 114 Å². The highest BCUT2D eigenvalue weighted by atomic mass is 16.4. The SMILES string of the molecule is CCCCC(=O)NC(CNC1CCCCC(O)C(O)C1O)C(O)CC(O)CC. The minimum Gasteiger partial charge on any atom is -0.393 e. The Kier molecular flexibility index (Phi) is 12.1. The Bertz CT molecular complexity index is 439. The Balaban J connectivity index is 2.72. The van der Waals surface area contributed by atoms with Gasteiger partial charge in [0.1, 0.15) is 6.10 Å². The Labute approximate surface area is 168 Å². The zero-order valence-electron chi connectivity index (χ0n) is 17.3. The van der Waals surface area contributed by atoms with Gasteiger partial charge >= 0.3 is 0 Å². The molecule has 1 amide bonds. The number of unbranched alkanes of at least 4 members (excludes halogenated alkanes) is 1. The van der Waals surface area contributed by atoms with E-state index in [4.69, 9.17) is 0 Å². The summed E-state index contributed by atoms with van der Waals surface area (Å²) in [6.45, 7) is 4.01. The van der Waals surface area contributed by atoms with Crippen LogP contribution in [0.3, 0.4) is 0 Å². The number of aliphatic hydroxyl groups is 5. The molecule has 0 spiro atoms. The van der Waals surface area contributed by atoms with E-state index < -0.39 is 42.6 Å². The van der Waals surface area contributed by atoms with Crippen molar-refractivity contribution < 1.29 is 30.3 Å². The molecule has 8 nitrogen and oxygen atoms in total. The van der Waals surface area contributed by atoms with Crippen LogP contribution in [0.2, 0.25) is 0 Å². The van der Waals surface area contributed by atoms with Crippen molar-refractivity contribution in [3.63, 3.8) is 0 Å². The van der Waals surface area contributed by atoms with Crippen LogP contribution < -0.4 is 10.6 Å². The molecule has 0 bridgehead atoms. The fourth-order valence-corrected chi connectivity index (χ4v) is 3.54. The lowest BCUT2D eigenvalue weighted by molar-refractivity contribution is -0.123. The van der Waals surface area contributed by atoms with E-state index in [-0.39, 0.29) is 18.9 Å². The predicted octanol–water partition coefficient (Wildman–Crippen LogP) is -0.202. The molecular weight excluding hydrogens is 364 g/mol. The Morgan fingerprint density at radius 2 is 1.75 bits per heavy atom. The first kappa shape index (κ1) is 25.3. The summed E-state index contributed by atoms with van der Waals surface area (Å²) in [6.07, 6.45) is 0.362. The second-order valence-corrected chi connectivity index (χ2v) is 7.99. The van der Waals surface area contributed by atoms with E-state index in [1.165, 1.54) is 0 Å². The number of aliphatic hydroxyl groups excluding tert-OH is 5. The number of nitrogens with one attached hydrogen (secondary N) is 2. The predicted molar refractivity (Wildman–Crippen MR) is 107 cm³/mol. The van der Waals surface area contributed by atoms with Gasteiger partial charge in [-0.25, -0.2) is 0 Å². The summed E-state index contributed by atoms with van der Waals surface area (Å²) >= 11 is 0. The fourth-order valence-electron chi connectivity index (χ4n) is 3.54. The van der Waals surface area contributed by atoms with Crippen molar-refractivity contribution >= 4 is 5.91 Å². The largest absolute Gasteiger partial charge is 0.393 e. The van der Waals surface area contributed by atoms with Crippen LogP contribution in [0.5, 0.6) is 0 Å². The average molecular weight is 405 g/mol. The molecule has 0 heterocycles. The molecule has 0 radical (unpaired) electrons. The molecule has 0 aromatic heterocycles. The van der Waals surface area contributed by atoms with Crippen LogP contribution in [-0.4, -0.2) is 80.6 Å². The second-order valence-electron chi connectivity index (χ2n) is 7.99. The van der Waals surface area contributed by atoms with E-state index in [1.807, 2.05) is 13.8 Å². The van der Waals surface area contributed by atoms with E-state index in [0.717, 1.165) is 25.7 Å². The van der Waals surface area contributed by atoms with Crippen LogP contribution in [-0.2, 0) is 4.79 Å². The van der Waals surface area contributed by atoms with Crippen molar-refractivity contribution in [3.8, 4) is 0 Å². The molecule has 1 rings (SSSR count). The van der Waals surface area contributed by atoms with Crippen LogP contribution in [0.4, 0.5) is 0 Å². The van der Waals surface area contributed by atoms with Crippen LogP contribution in [0.25, 0.3) is 0 Å². The molecule has 1 aliphatic carbocycles. The zero-order chi connectivity index (χ0) is 21.1. The van der Waals surface area contributed by atoms with E-state index in [1.54, 1.807) is 0 Å². The number of hydrogen-bond donors (Lipinski definition) is 7. The van der Waals surface area contributed by atoms with E-state index in [2.05, 4.69) is 10.6 Å². The molecule has 28 heavy (non-hydrogen) atoms. The van der Waals surface area contributed by atoms with Crippen molar-refractivity contribution in [2.24, 2.45) is 0 Å². The molecule has 1 fully saturated rings. The fraction of sp³-hybridized carbons (Fsp3) is 0.950. The molecule has 1 saturated carbocycles. The van der Waals surface area contributed by atoms with Gasteiger partial charge in [0, 0.05) is 25.4 Å². The van der Waals surface area contributed by atoms with Gasteiger partial charge in [0.2, 0.25) is 5.91 Å². The lowest BCUT2D eigenvalue weighted by Crippen LogP contribution is -2.56. The molecule has 0 aromatic carbocycles. The Morgan fingerprint density at radius 1 is 1.07 bits per heavy atom. The third-order valence-corrected chi connectivity index (χ3v) is 5.57. The highest BCUT2D eigenvalue weighted by Crippen LogP contribution is 2.19. The normalized spacial score (nSPS) is 29.4. The topological polar surface area (TPSA) is 142 Å². The number of amides is 1. The van der Waals surface area contributed by atoms with Crippen molar-refractivity contribution in [2.75, 3.05) is 6.54 Å². The van der Waals surface area contributed by atoms with Crippen LogP contribution in [0.15, 0.2) is 0 Å². The minimum atomic E-state index is -1.23. The first-order valence-corrected chi connectivity index (χ1v) is 10.7. The van der Waals surface area contributed by atoms with Gasteiger partial charge in [-0.2, -0.15) is 0 Å². The molecule has 7 unspecified atom stereocenters. The maximum absolute atomic E-state index is 12.1. The third kappa shape index (κ3) is 8.71. The monoisotopic (exact) mass is 404 g/mol. The van der Waals surface area contributed by atoms with Gasteiger partial charge in [-0.15, -0.1) is 0 Å². The molecule has 166 valence electrons. The van der Waals surface area contributed by atoms with Crippen LogP contribution >= 0.6 is 0 Å². The Hall–Kier alpha value is -0.770. The molecule has 0 aromatic rings. The highest BCUT2D eigenvalue weighted by molar-refractivity contribution is 5.76. The van der Waals surface area contributed by atoms with E-state index in [0.29, 0.717) is 25.7 Å². The number of carbonyl (C=O) groups is 1. The third-order valence-electron chi connectivity index (χ3n) is 5.57. The van der Waals surface area contributed by atoms with E-state index >= 15 is 0 Å². The smallest absolute Gasteiger partial charge is 0.220 e. The van der Waals surface area contributed by atoms with Gasteiger partial charge < -0.3 is 36.2 Å². The van der Waals surface area contributed by atoms with Crippen molar-refractivity contribution in [3.05, 3.63) is 0 Å². The van der Waals surface area contributed by atoms with Gasteiger partial charge in [0.15, 0.2) is 0 Å². The molecular formula is C20H40N2O6. The molecule has 7 atom stereocenters. The molecule has 1 aliphatic rings. The van der Waals surface area contributed by atoms with Crippen molar-refractivity contribution in [1.82, 2.24) is 10.6 Å². The summed E-state index contributed by atoms with van der Waals surface area (Å²) in [7, 11) is 0. The van der Waals surface area contributed by atoms with Crippen LogP contribution in [0, 0.1) is 0 Å². The number of rotatable bonds is 11. The van der Waals surface area contributed by atoms with Gasteiger partial charge in [-0.3, -0.25) is 4.79 Å². The summed E-state index contributed by atoms with van der Waals surface area (Å²) in [5, 5.41) is 56.7. The molecule has 8 heteroatoms. The summed E-state index contributed by atoms with van der Waals surface area (Å²) < 4.78 is 0. The molecule has 0 aliphatic heterocycles. The zero-order valence-corrected chi connectivity index (χ0v) is 17.3.